The van der Waals surface area contributed by atoms with E-state index in [-0.39, 0.29) is 6.09 Å². The SMILES string of the molecule is COCC1CC(CNC(=O)OC(C)(C)C)C1. The first-order chi connectivity index (χ1) is 7.40. The highest BCUT2D eigenvalue weighted by molar-refractivity contribution is 5.67. The predicted molar refractivity (Wildman–Crippen MR) is 62.3 cm³/mol. The smallest absolute Gasteiger partial charge is 0.407 e. The van der Waals surface area contributed by atoms with Gasteiger partial charge in [-0.1, -0.05) is 0 Å². The van der Waals surface area contributed by atoms with Crippen LogP contribution in [-0.4, -0.2) is 32.0 Å². The van der Waals surface area contributed by atoms with Gasteiger partial charge in [0.1, 0.15) is 5.60 Å². The molecule has 0 bridgehead atoms. The number of hydrogen-bond donors (Lipinski definition) is 1. The minimum Gasteiger partial charge on any atom is -0.444 e. The molecule has 4 heteroatoms. The highest BCUT2D eigenvalue weighted by Gasteiger charge is 2.29. The molecular weight excluding hydrogens is 206 g/mol. The molecule has 0 aromatic heterocycles. The average molecular weight is 229 g/mol. The summed E-state index contributed by atoms with van der Waals surface area (Å²) >= 11 is 0. The van der Waals surface area contributed by atoms with Gasteiger partial charge in [0.2, 0.25) is 0 Å². The molecule has 1 fully saturated rings. The van der Waals surface area contributed by atoms with E-state index in [2.05, 4.69) is 5.32 Å². The van der Waals surface area contributed by atoms with Crippen molar-refractivity contribution in [1.29, 1.82) is 0 Å². The summed E-state index contributed by atoms with van der Waals surface area (Å²) in [5.41, 5.74) is -0.414. The van der Waals surface area contributed by atoms with Crippen LogP contribution in [0.25, 0.3) is 0 Å². The maximum atomic E-state index is 11.4. The molecule has 0 spiro atoms. The maximum absolute atomic E-state index is 11.4. The second kappa shape index (κ2) is 5.53. The Morgan fingerprint density at radius 3 is 2.44 bits per heavy atom. The topological polar surface area (TPSA) is 47.6 Å². The van der Waals surface area contributed by atoms with Crippen LogP contribution in [-0.2, 0) is 9.47 Å². The molecule has 1 amide bonds. The van der Waals surface area contributed by atoms with E-state index in [0.717, 1.165) is 26.0 Å². The van der Waals surface area contributed by atoms with Crippen molar-refractivity contribution in [2.24, 2.45) is 11.8 Å². The lowest BCUT2D eigenvalue weighted by Gasteiger charge is -2.35. The lowest BCUT2D eigenvalue weighted by molar-refractivity contribution is 0.0452. The highest BCUT2D eigenvalue weighted by Crippen LogP contribution is 2.33. The van der Waals surface area contributed by atoms with Crippen LogP contribution >= 0.6 is 0 Å². The molecule has 4 nitrogen and oxygen atoms in total. The van der Waals surface area contributed by atoms with Crippen LogP contribution in [0.5, 0.6) is 0 Å². The lowest BCUT2D eigenvalue weighted by atomic mass is 9.75. The van der Waals surface area contributed by atoms with Crippen molar-refractivity contribution in [2.45, 2.75) is 39.2 Å². The second-order valence-electron chi connectivity index (χ2n) is 5.54. The number of rotatable bonds is 4. The minimum atomic E-state index is -0.414. The Labute approximate surface area is 97.7 Å². The van der Waals surface area contributed by atoms with Crippen molar-refractivity contribution in [2.75, 3.05) is 20.3 Å². The van der Waals surface area contributed by atoms with E-state index < -0.39 is 5.60 Å². The van der Waals surface area contributed by atoms with Crippen molar-refractivity contribution < 1.29 is 14.3 Å². The average Bonchev–Trinajstić information content (AvgIpc) is 2.05. The van der Waals surface area contributed by atoms with E-state index in [1.165, 1.54) is 0 Å². The minimum absolute atomic E-state index is 0.317. The van der Waals surface area contributed by atoms with Gasteiger partial charge in [0.15, 0.2) is 0 Å². The van der Waals surface area contributed by atoms with Gasteiger partial charge in [0.25, 0.3) is 0 Å². The molecule has 1 aliphatic carbocycles. The van der Waals surface area contributed by atoms with Gasteiger partial charge in [-0.25, -0.2) is 4.79 Å². The molecular formula is C12H23NO3. The zero-order valence-electron chi connectivity index (χ0n) is 10.7. The molecule has 0 atom stereocenters. The van der Waals surface area contributed by atoms with Crippen LogP contribution in [0, 0.1) is 11.8 Å². The summed E-state index contributed by atoms with van der Waals surface area (Å²) in [5.74, 6) is 1.27. The summed E-state index contributed by atoms with van der Waals surface area (Å²) in [6, 6.07) is 0. The van der Waals surface area contributed by atoms with Gasteiger partial charge in [0.05, 0.1) is 0 Å². The van der Waals surface area contributed by atoms with Crippen molar-refractivity contribution in [1.82, 2.24) is 5.32 Å². The zero-order chi connectivity index (χ0) is 12.2. The quantitative estimate of drug-likeness (QED) is 0.803. The van der Waals surface area contributed by atoms with Gasteiger partial charge in [-0.3, -0.25) is 0 Å². The van der Waals surface area contributed by atoms with E-state index >= 15 is 0 Å². The van der Waals surface area contributed by atoms with Crippen molar-refractivity contribution in [3.05, 3.63) is 0 Å². The van der Waals surface area contributed by atoms with Gasteiger partial charge >= 0.3 is 6.09 Å². The summed E-state index contributed by atoms with van der Waals surface area (Å²) in [4.78, 5) is 11.4. The van der Waals surface area contributed by atoms with Gasteiger partial charge in [0, 0.05) is 20.3 Å². The maximum Gasteiger partial charge on any atom is 0.407 e. The monoisotopic (exact) mass is 229 g/mol. The lowest BCUT2D eigenvalue weighted by Crippen LogP contribution is -2.39. The van der Waals surface area contributed by atoms with E-state index in [9.17, 15) is 4.79 Å². The van der Waals surface area contributed by atoms with Gasteiger partial charge < -0.3 is 14.8 Å². The van der Waals surface area contributed by atoms with Crippen molar-refractivity contribution in [3.8, 4) is 0 Å². The van der Waals surface area contributed by atoms with Gasteiger partial charge in [-0.05, 0) is 45.4 Å². The van der Waals surface area contributed by atoms with Crippen LogP contribution < -0.4 is 5.32 Å². The summed E-state index contributed by atoms with van der Waals surface area (Å²) in [6.07, 6.45) is 1.97. The molecule has 0 aliphatic heterocycles. The van der Waals surface area contributed by atoms with Crippen molar-refractivity contribution >= 4 is 6.09 Å². The molecule has 1 saturated carbocycles. The number of ether oxygens (including phenoxy) is 2. The van der Waals surface area contributed by atoms with Gasteiger partial charge in [-0.15, -0.1) is 0 Å². The molecule has 1 aliphatic rings. The van der Waals surface area contributed by atoms with Crippen LogP contribution in [0.1, 0.15) is 33.6 Å². The molecule has 0 radical (unpaired) electrons. The summed E-state index contributed by atoms with van der Waals surface area (Å²) in [5, 5.41) is 2.80. The fourth-order valence-electron chi connectivity index (χ4n) is 1.95. The molecule has 94 valence electrons. The number of carbonyl (C=O) groups is 1. The first kappa shape index (κ1) is 13.3. The molecule has 0 unspecified atom stereocenters. The summed E-state index contributed by atoms with van der Waals surface area (Å²) < 4.78 is 10.2. The van der Waals surface area contributed by atoms with Gasteiger partial charge in [-0.2, -0.15) is 0 Å². The third-order valence-electron chi connectivity index (χ3n) is 2.67. The van der Waals surface area contributed by atoms with Crippen molar-refractivity contribution in [3.63, 3.8) is 0 Å². The molecule has 0 aromatic rings. The Balaban J connectivity index is 2.06. The molecule has 1 rings (SSSR count). The number of alkyl carbamates (subject to hydrolysis) is 1. The Kier molecular flexibility index (Phi) is 4.59. The van der Waals surface area contributed by atoms with Crippen LogP contribution in [0.3, 0.4) is 0 Å². The van der Waals surface area contributed by atoms with Crippen LogP contribution in [0.4, 0.5) is 4.79 Å². The fourth-order valence-corrected chi connectivity index (χ4v) is 1.95. The first-order valence-corrected chi connectivity index (χ1v) is 5.86. The number of methoxy groups -OCH3 is 1. The van der Waals surface area contributed by atoms with Crippen LogP contribution in [0.15, 0.2) is 0 Å². The Hall–Kier alpha value is -0.770. The standard InChI is InChI=1S/C12H23NO3/c1-12(2,3)16-11(14)13-7-9-5-10(6-9)8-15-4/h9-10H,5-8H2,1-4H3,(H,13,14). The predicted octanol–water partition coefficient (Wildman–Crippen LogP) is 2.18. The highest BCUT2D eigenvalue weighted by atomic mass is 16.6. The van der Waals surface area contributed by atoms with E-state index in [1.54, 1.807) is 7.11 Å². The summed E-state index contributed by atoms with van der Waals surface area (Å²) in [7, 11) is 1.73. The second-order valence-corrected chi connectivity index (χ2v) is 5.54. The molecule has 0 saturated heterocycles. The molecule has 16 heavy (non-hydrogen) atoms. The Morgan fingerprint density at radius 1 is 1.31 bits per heavy atom. The normalized spacial score (nSPS) is 24.8. The number of carbonyl (C=O) groups excluding carboxylic acids is 1. The Morgan fingerprint density at radius 2 is 1.94 bits per heavy atom. The zero-order valence-corrected chi connectivity index (χ0v) is 10.7. The molecule has 0 heterocycles. The summed E-state index contributed by atoms with van der Waals surface area (Å²) in [6.45, 7) is 7.15. The third-order valence-corrected chi connectivity index (χ3v) is 2.67. The molecule has 0 aromatic carbocycles. The number of nitrogens with one attached hydrogen (secondary N) is 1. The van der Waals surface area contributed by atoms with E-state index in [1.807, 2.05) is 20.8 Å². The third kappa shape index (κ3) is 4.84. The van der Waals surface area contributed by atoms with E-state index in [0.29, 0.717) is 11.8 Å². The number of hydrogen-bond acceptors (Lipinski definition) is 3. The first-order valence-electron chi connectivity index (χ1n) is 5.86. The van der Waals surface area contributed by atoms with E-state index in [4.69, 9.17) is 9.47 Å². The number of amides is 1. The molecule has 1 N–H and O–H groups in total. The Bertz CT molecular complexity index is 229. The van der Waals surface area contributed by atoms with Crippen LogP contribution in [0.2, 0.25) is 0 Å². The fraction of sp³-hybridized carbons (Fsp3) is 0.917. The largest absolute Gasteiger partial charge is 0.444 e.